The Morgan fingerprint density at radius 3 is 2.59 bits per heavy atom. The fourth-order valence-corrected chi connectivity index (χ4v) is 4.38. The smallest absolute Gasteiger partial charge is 0.230 e. The summed E-state index contributed by atoms with van der Waals surface area (Å²) < 4.78 is 6.01. The van der Waals surface area contributed by atoms with Crippen LogP contribution in [0.25, 0.3) is 11.1 Å². The first-order chi connectivity index (χ1) is 14.2. The average molecular weight is 423 g/mol. The van der Waals surface area contributed by atoms with E-state index in [1.54, 1.807) is 24.2 Å². The number of hydrogen-bond acceptors (Lipinski definition) is 5. The summed E-state index contributed by atoms with van der Waals surface area (Å²) in [5.41, 5.74) is 3.59. The van der Waals surface area contributed by atoms with Crippen LogP contribution in [0.5, 0.6) is 5.75 Å². The number of nitrogens with zero attached hydrogens (tertiary/aromatic N) is 1. The highest BCUT2D eigenvalue weighted by Gasteiger charge is 2.23. The molecule has 1 atom stereocenters. The first kappa shape index (κ1) is 19.9. The summed E-state index contributed by atoms with van der Waals surface area (Å²) in [5.74, 6) is 1.32. The van der Waals surface area contributed by atoms with Gasteiger partial charge in [0, 0.05) is 28.6 Å². The summed E-state index contributed by atoms with van der Waals surface area (Å²) >= 11 is 3.25. The van der Waals surface area contributed by atoms with Crippen LogP contribution >= 0.6 is 23.5 Å². The molecule has 0 saturated carbocycles. The van der Waals surface area contributed by atoms with Crippen LogP contribution < -0.4 is 10.1 Å². The molecule has 1 N–H and O–H groups in total. The lowest BCUT2D eigenvalue weighted by Gasteiger charge is -2.11. The molecule has 2 heterocycles. The van der Waals surface area contributed by atoms with Gasteiger partial charge in [0.1, 0.15) is 11.9 Å². The van der Waals surface area contributed by atoms with Crippen molar-refractivity contribution in [3.8, 4) is 16.9 Å². The number of nitrogens with one attached hydrogen (secondary N) is 1. The zero-order valence-corrected chi connectivity index (χ0v) is 17.8. The van der Waals surface area contributed by atoms with Gasteiger partial charge in [0.05, 0.1) is 12.3 Å². The van der Waals surface area contributed by atoms with Crippen LogP contribution in [-0.2, 0) is 11.2 Å². The van der Waals surface area contributed by atoms with E-state index in [9.17, 15) is 4.79 Å². The van der Waals surface area contributed by atoms with Gasteiger partial charge in [-0.15, -0.1) is 23.5 Å². The molecule has 1 aliphatic rings. The summed E-state index contributed by atoms with van der Waals surface area (Å²) in [6.45, 7) is 0.516. The molecule has 1 aromatic heterocycles. The molecule has 0 unspecified atom stereocenters. The van der Waals surface area contributed by atoms with Crippen molar-refractivity contribution < 1.29 is 9.53 Å². The second kappa shape index (κ2) is 9.37. The van der Waals surface area contributed by atoms with Crippen molar-refractivity contribution >= 4 is 29.4 Å². The number of aromatic nitrogens is 1. The summed E-state index contributed by atoms with van der Waals surface area (Å²) in [6, 6.07) is 18.7. The number of hydrogen-bond donors (Lipinski definition) is 1. The van der Waals surface area contributed by atoms with E-state index in [2.05, 4.69) is 53.0 Å². The number of amides is 1. The van der Waals surface area contributed by atoms with E-state index >= 15 is 0 Å². The second-order valence-corrected chi connectivity index (χ2v) is 8.70. The number of fused-ring (bicyclic) bond motifs is 1. The van der Waals surface area contributed by atoms with Crippen LogP contribution in [0.3, 0.4) is 0 Å². The third-order valence-electron chi connectivity index (χ3n) is 4.77. The molecule has 0 spiro atoms. The van der Waals surface area contributed by atoms with Crippen LogP contribution in [0, 0.1) is 0 Å². The van der Waals surface area contributed by atoms with E-state index in [0.717, 1.165) is 17.1 Å². The fourth-order valence-electron chi connectivity index (χ4n) is 3.26. The second-order valence-electron chi connectivity index (χ2n) is 6.77. The first-order valence-electron chi connectivity index (χ1n) is 9.45. The molecule has 0 saturated heterocycles. The van der Waals surface area contributed by atoms with E-state index in [-0.39, 0.29) is 12.0 Å². The van der Waals surface area contributed by atoms with Gasteiger partial charge in [0.2, 0.25) is 5.91 Å². The molecule has 1 aliphatic heterocycles. The minimum atomic E-state index is -0.0195. The lowest BCUT2D eigenvalue weighted by molar-refractivity contribution is -0.118. The van der Waals surface area contributed by atoms with E-state index in [0.29, 0.717) is 12.3 Å². The SMILES string of the molecule is CSc1ccc(-c2ccc3c(c2)C[C@H](CNC(=O)CSc2ccncc2)O3)cc1. The van der Waals surface area contributed by atoms with Crippen molar-refractivity contribution in [3.63, 3.8) is 0 Å². The molecule has 6 heteroatoms. The lowest BCUT2D eigenvalue weighted by Crippen LogP contribution is -2.35. The molecule has 148 valence electrons. The molecule has 0 radical (unpaired) electrons. The van der Waals surface area contributed by atoms with Crippen LogP contribution in [0.15, 0.2) is 76.8 Å². The van der Waals surface area contributed by atoms with Crippen LogP contribution in [0.2, 0.25) is 0 Å². The Balaban J connectivity index is 1.30. The minimum Gasteiger partial charge on any atom is -0.488 e. The van der Waals surface area contributed by atoms with Crippen molar-refractivity contribution in [1.82, 2.24) is 10.3 Å². The highest BCUT2D eigenvalue weighted by Crippen LogP contribution is 2.33. The largest absolute Gasteiger partial charge is 0.488 e. The van der Waals surface area contributed by atoms with Crippen LogP contribution in [0.4, 0.5) is 0 Å². The molecular formula is C23H22N2O2S2. The third-order valence-corrected chi connectivity index (χ3v) is 6.53. The standard InChI is InChI=1S/C23H22N2O2S2/c1-28-20-5-2-16(3-6-20)17-4-7-22-18(12-17)13-19(27-22)14-25-23(26)15-29-21-8-10-24-11-9-21/h2-12,19H,13-15H2,1H3,(H,25,26)/t19-/m1/s1. The number of pyridine rings is 1. The third kappa shape index (κ3) is 5.14. The Morgan fingerprint density at radius 1 is 1.07 bits per heavy atom. The Bertz CT molecular complexity index is 978. The van der Waals surface area contributed by atoms with E-state index in [4.69, 9.17) is 4.74 Å². The molecule has 3 aromatic rings. The van der Waals surface area contributed by atoms with Gasteiger partial charge in [-0.3, -0.25) is 9.78 Å². The van der Waals surface area contributed by atoms with E-state index in [1.165, 1.54) is 33.3 Å². The molecule has 4 nitrogen and oxygen atoms in total. The van der Waals surface area contributed by atoms with Gasteiger partial charge in [-0.05, 0) is 59.3 Å². The molecular weight excluding hydrogens is 400 g/mol. The zero-order chi connectivity index (χ0) is 20.1. The number of rotatable bonds is 7. The average Bonchev–Trinajstić information content (AvgIpc) is 3.19. The van der Waals surface area contributed by atoms with Crippen molar-refractivity contribution in [1.29, 1.82) is 0 Å². The van der Waals surface area contributed by atoms with Gasteiger partial charge < -0.3 is 10.1 Å². The minimum absolute atomic E-state index is 0.0148. The van der Waals surface area contributed by atoms with Crippen molar-refractivity contribution in [2.24, 2.45) is 0 Å². The van der Waals surface area contributed by atoms with Gasteiger partial charge >= 0.3 is 0 Å². The highest BCUT2D eigenvalue weighted by atomic mass is 32.2. The van der Waals surface area contributed by atoms with Gasteiger partial charge in [0.25, 0.3) is 0 Å². The monoisotopic (exact) mass is 422 g/mol. The Labute approximate surface area is 179 Å². The number of carbonyl (C=O) groups excluding carboxylic acids is 1. The molecule has 0 aliphatic carbocycles. The highest BCUT2D eigenvalue weighted by molar-refractivity contribution is 8.00. The summed E-state index contributed by atoms with van der Waals surface area (Å²) in [5, 5.41) is 2.99. The predicted molar refractivity (Wildman–Crippen MR) is 120 cm³/mol. The fraction of sp³-hybridized carbons (Fsp3) is 0.217. The quantitative estimate of drug-likeness (QED) is 0.560. The summed E-state index contributed by atoms with van der Waals surface area (Å²) in [6.07, 6.45) is 6.33. The Hall–Kier alpha value is -2.44. The Kier molecular flexibility index (Phi) is 6.42. The Morgan fingerprint density at radius 2 is 1.83 bits per heavy atom. The summed E-state index contributed by atoms with van der Waals surface area (Å²) in [7, 11) is 0. The number of benzene rings is 2. The molecule has 29 heavy (non-hydrogen) atoms. The predicted octanol–water partition coefficient (Wildman–Crippen LogP) is 4.68. The van der Waals surface area contributed by atoms with Crippen LogP contribution in [-0.4, -0.2) is 35.5 Å². The van der Waals surface area contributed by atoms with E-state index < -0.39 is 0 Å². The van der Waals surface area contributed by atoms with Gasteiger partial charge in [0.15, 0.2) is 0 Å². The number of thioether (sulfide) groups is 2. The molecule has 1 amide bonds. The zero-order valence-electron chi connectivity index (χ0n) is 16.1. The van der Waals surface area contributed by atoms with Gasteiger partial charge in [-0.25, -0.2) is 0 Å². The molecule has 0 bridgehead atoms. The number of carbonyl (C=O) groups is 1. The normalized spacial score (nSPS) is 14.9. The maximum atomic E-state index is 12.1. The molecule has 4 rings (SSSR count). The molecule has 0 fully saturated rings. The first-order valence-corrected chi connectivity index (χ1v) is 11.7. The van der Waals surface area contributed by atoms with Crippen molar-refractivity contribution in [3.05, 3.63) is 72.6 Å². The maximum Gasteiger partial charge on any atom is 0.230 e. The van der Waals surface area contributed by atoms with Gasteiger partial charge in [-0.2, -0.15) is 0 Å². The van der Waals surface area contributed by atoms with Crippen molar-refractivity contribution in [2.45, 2.75) is 22.3 Å². The summed E-state index contributed by atoms with van der Waals surface area (Å²) in [4.78, 5) is 18.4. The van der Waals surface area contributed by atoms with E-state index in [1.807, 2.05) is 18.2 Å². The lowest BCUT2D eigenvalue weighted by atomic mass is 10.0. The topological polar surface area (TPSA) is 51.2 Å². The number of ether oxygens (including phenoxy) is 1. The van der Waals surface area contributed by atoms with Crippen molar-refractivity contribution in [2.75, 3.05) is 18.6 Å². The van der Waals surface area contributed by atoms with Gasteiger partial charge in [-0.1, -0.05) is 18.2 Å². The van der Waals surface area contributed by atoms with Crippen LogP contribution in [0.1, 0.15) is 5.56 Å². The maximum absolute atomic E-state index is 12.1. The molecule has 2 aromatic carbocycles.